The molecule has 0 spiro atoms. The lowest BCUT2D eigenvalue weighted by Gasteiger charge is -2.57. The van der Waals surface area contributed by atoms with Crippen molar-refractivity contribution in [1.82, 2.24) is 56.2 Å². The van der Waals surface area contributed by atoms with Gasteiger partial charge in [0.15, 0.2) is 0 Å². The number of rotatable bonds is 23. The largest absolute Gasteiger partial charge is 0.416 e. The molecule has 6 fully saturated rings. The predicted octanol–water partition coefficient (Wildman–Crippen LogP) is 17.1. The van der Waals surface area contributed by atoms with Crippen LogP contribution in [-0.2, 0) is 82.3 Å². The maximum atomic E-state index is 13.5. The fraction of sp³-hybridized carbons (Fsp3) is 0.387. The van der Waals surface area contributed by atoms with Gasteiger partial charge in [-0.2, -0.15) is 79.0 Å². The Morgan fingerprint density at radius 1 is 0.376 bits per heavy atom. The van der Waals surface area contributed by atoms with Gasteiger partial charge in [-0.25, -0.2) is 0 Å². The van der Waals surface area contributed by atoms with Gasteiger partial charge in [-0.15, -0.1) is 0 Å². The van der Waals surface area contributed by atoms with Crippen LogP contribution in [0.1, 0.15) is 176 Å². The van der Waals surface area contributed by atoms with E-state index in [4.69, 9.17) is 31.5 Å². The number of piperazine rings is 3. The molecule has 12 atom stereocenters. The lowest BCUT2D eigenvalue weighted by Crippen LogP contribution is -2.74. The van der Waals surface area contributed by atoms with Gasteiger partial charge in [0.05, 0.1) is 124 Å². The molecular formula is C93H91ClF18N12O9. The molecule has 6 bridgehead atoms. The van der Waals surface area contributed by atoms with E-state index in [1.165, 1.54) is 39.4 Å². The second-order valence-electron chi connectivity index (χ2n) is 33.6. The minimum absolute atomic E-state index is 0.0235. The van der Waals surface area contributed by atoms with Crippen LogP contribution < -0.4 is 32.3 Å². The van der Waals surface area contributed by atoms with Crippen molar-refractivity contribution >= 4 is 46.4 Å². The molecular weight excluding hydrogens is 1810 g/mol. The van der Waals surface area contributed by atoms with E-state index >= 15 is 0 Å². The van der Waals surface area contributed by atoms with Crippen molar-refractivity contribution < 1.29 is 122 Å². The second kappa shape index (κ2) is 40.4. The number of nitrogens with zero attached hydrogens (tertiary/aromatic N) is 6. The number of fused-ring (bicyclic) bond motifs is 6. The quantitative estimate of drug-likeness (QED) is 0.0257. The van der Waals surface area contributed by atoms with E-state index in [0.29, 0.717) is 100 Å². The Morgan fingerprint density at radius 3 is 0.865 bits per heavy atom. The fourth-order valence-corrected chi connectivity index (χ4v) is 17.6. The molecule has 3 unspecified atom stereocenters. The number of carbonyl (C=O) groups excluding carboxylic acids is 6. The number of nitrogens with one attached hydrogen (secondary N) is 5. The van der Waals surface area contributed by atoms with Crippen LogP contribution in [0.3, 0.4) is 0 Å². The number of hydrogen-bond acceptors (Lipinski definition) is 16. The Labute approximate surface area is 756 Å². The summed E-state index contributed by atoms with van der Waals surface area (Å²) >= 11 is 5.10. The monoisotopic (exact) mass is 1900 g/mol. The minimum atomic E-state index is -4.99. The number of halogens is 19. The molecule has 5 amide bonds. The Morgan fingerprint density at radius 2 is 0.624 bits per heavy atom. The second-order valence-corrected chi connectivity index (χ2v) is 34.0. The van der Waals surface area contributed by atoms with E-state index < -0.39 is 139 Å². The third-order valence-corrected chi connectivity index (χ3v) is 24.9. The van der Waals surface area contributed by atoms with Crippen molar-refractivity contribution in [1.29, 1.82) is 0 Å². The molecule has 6 aromatic carbocycles. The van der Waals surface area contributed by atoms with Crippen LogP contribution in [0.15, 0.2) is 219 Å². The SMILES string of the molecule is C[C@@H](OC[C@@]1(c2ccccc2)CC[C@]2(CN)CN1CC(=O)N2)c1cc(C(F)(F)F)cc(C(F)(F)F)c1.C[C@@H](OC[C@@]1(c2ccccc2)CC[C@]2(CNC(=O)c3ccccn3)CN1CC(=O)N2)c1cc(C(F)(F)F)cc(C(F)(F)F)c1.C[C@@H](OC[C@@]1(c2ccccc2)CC[C@]2(CNC(=O)c3ccccn3)CN1CC(=O)N2)c1cc(C(F)(F)F)cc(C(F)(F)F)c1.O=C(Cl)c1ccccn1. The molecule has 7 N–H and O–H groups in total. The number of hydrogen-bond donors (Lipinski definition) is 6. The highest BCUT2D eigenvalue weighted by Crippen LogP contribution is 2.50. The first-order valence-corrected chi connectivity index (χ1v) is 42.2. The van der Waals surface area contributed by atoms with Crippen molar-refractivity contribution in [3.63, 3.8) is 0 Å². The summed E-state index contributed by atoms with van der Waals surface area (Å²) < 4.78 is 260. The number of alkyl halides is 18. The zero-order valence-electron chi connectivity index (χ0n) is 71.4. The molecule has 0 saturated carbocycles. The van der Waals surface area contributed by atoms with E-state index in [-0.39, 0.29) is 123 Å². The van der Waals surface area contributed by atoms with Crippen LogP contribution in [-0.4, -0.2) is 160 Å². The maximum Gasteiger partial charge on any atom is 0.416 e. The number of aromatic nitrogens is 3. The molecule has 710 valence electrons. The summed E-state index contributed by atoms with van der Waals surface area (Å²) in [5.41, 5.74) is -4.96. The first kappa shape index (κ1) is 101. The van der Waals surface area contributed by atoms with E-state index in [2.05, 4.69) is 41.5 Å². The highest BCUT2D eigenvalue weighted by Gasteiger charge is 2.57. The molecule has 6 saturated heterocycles. The lowest BCUT2D eigenvalue weighted by atomic mass is 9.73. The van der Waals surface area contributed by atoms with Crippen molar-refractivity contribution in [3.05, 3.63) is 303 Å². The molecule has 9 aromatic rings. The molecule has 6 aliphatic heterocycles. The van der Waals surface area contributed by atoms with Gasteiger partial charge in [-0.05, 0) is 195 Å². The van der Waals surface area contributed by atoms with Crippen LogP contribution in [0, 0.1) is 0 Å². The predicted molar refractivity (Wildman–Crippen MR) is 448 cm³/mol. The zero-order valence-corrected chi connectivity index (χ0v) is 72.1. The average molecular weight is 1900 g/mol. The highest BCUT2D eigenvalue weighted by molar-refractivity contribution is 6.67. The Bertz CT molecular complexity index is 5250. The summed E-state index contributed by atoms with van der Waals surface area (Å²) in [6.45, 7) is 5.54. The molecule has 0 radical (unpaired) electrons. The number of carbonyl (C=O) groups is 6. The smallest absolute Gasteiger partial charge is 0.372 e. The summed E-state index contributed by atoms with van der Waals surface area (Å²) in [4.78, 5) is 91.9. The minimum Gasteiger partial charge on any atom is -0.372 e. The summed E-state index contributed by atoms with van der Waals surface area (Å²) in [6, 6.07) is 46.7. The average Bonchev–Trinajstić information content (AvgIpc) is 0.740. The van der Waals surface area contributed by atoms with E-state index in [0.717, 1.165) is 16.7 Å². The van der Waals surface area contributed by atoms with Crippen LogP contribution in [0.4, 0.5) is 79.0 Å². The number of piperidine rings is 3. The highest BCUT2D eigenvalue weighted by atomic mass is 35.5. The molecule has 9 heterocycles. The number of ether oxygens (including phenoxy) is 3. The Kier molecular flexibility index (Phi) is 30.5. The summed E-state index contributed by atoms with van der Waals surface area (Å²) in [7, 11) is 0. The number of benzene rings is 6. The first-order valence-electron chi connectivity index (χ1n) is 41.8. The molecule has 40 heteroatoms. The zero-order chi connectivity index (χ0) is 96.6. The van der Waals surface area contributed by atoms with Gasteiger partial charge < -0.3 is 46.5 Å². The van der Waals surface area contributed by atoms with E-state index in [1.54, 1.807) is 54.6 Å². The van der Waals surface area contributed by atoms with E-state index in [9.17, 15) is 108 Å². The standard InChI is InChI=1S/2C31H30F6N4O3.C25H27F6N3O2.C6H4ClNO/c2*1-20(21-13-23(30(32,33)34)15-24(14-21)31(35,36)37)44-19-29(22-7-3-2-4-8-22)11-10-28(18-41(29)16-26(42)40-28)17-39-27(43)25-9-5-6-12-38-25;1-16(17-9-19(24(26,27)28)11-20(10-17)25(29,30)31)36-15-23(18-5-3-2-4-6-18)8-7-22(13-32)14-34(23)12-21(35)33-22;7-6(9)5-3-1-2-4-8-5/h2*2-9,12-15,20H,10-11,16-19H2,1H3,(H,39,43)(H,40,42);2-6,9-11,16H,7-8,12-15,32H2,1H3,(H,33,35);1-4H/t2*20-,28+,29-;16-,22+,23-;/m111./s1. The molecule has 3 aromatic heterocycles. The van der Waals surface area contributed by atoms with Gasteiger partial charge in [-0.1, -0.05) is 109 Å². The van der Waals surface area contributed by atoms with Crippen LogP contribution >= 0.6 is 11.6 Å². The van der Waals surface area contributed by atoms with Gasteiger partial charge in [0.2, 0.25) is 17.7 Å². The Balaban J connectivity index is 0.000000172. The third kappa shape index (κ3) is 24.2. The van der Waals surface area contributed by atoms with E-state index in [1.807, 2.05) is 106 Å². The van der Waals surface area contributed by atoms with Crippen molar-refractivity contribution in [2.75, 3.05) is 78.7 Å². The lowest BCUT2D eigenvalue weighted by molar-refractivity contribution is -0.145. The fourth-order valence-electron chi connectivity index (χ4n) is 17.5. The summed E-state index contributed by atoms with van der Waals surface area (Å²) in [5, 5.41) is 14.2. The number of amides is 5. The molecule has 6 aliphatic rings. The van der Waals surface area contributed by atoms with Crippen molar-refractivity contribution in [3.8, 4) is 0 Å². The van der Waals surface area contributed by atoms with Crippen LogP contribution in [0.5, 0.6) is 0 Å². The molecule has 0 aliphatic carbocycles. The number of nitrogens with two attached hydrogens (primary N) is 1. The van der Waals surface area contributed by atoms with Crippen LogP contribution in [0.2, 0.25) is 0 Å². The Hall–Kier alpha value is -11.5. The number of pyridine rings is 3. The third-order valence-electron chi connectivity index (χ3n) is 24.7. The normalized spacial score (nSPS) is 24.1. The molecule has 133 heavy (non-hydrogen) atoms. The first-order chi connectivity index (χ1) is 62.5. The van der Waals surface area contributed by atoms with Gasteiger partial charge >= 0.3 is 37.1 Å². The van der Waals surface area contributed by atoms with Gasteiger partial charge in [0, 0.05) is 57.9 Å². The molecule has 21 nitrogen and oxygen atoms in total. The van der Waals surface area contributed by atoms with Gasteiger partial charge in [-0.3, -0.25) is 58.4 Å². The maximum absolute atomic E-state index is 13.5. The molecule has 15 rings (SSSR count). The summed E-state index contributed by atoms with van der Waals surface area (Å²) in [5.74, 6) is -1.58. The van der Waals surface area contributed by atoms with Gasteiger partial charge in [0.25, 0.3) is 17.1 Å². The summed E-state index contributed by atoms with van der Waals surface area (Å²) in [6.07, 6.45) is -26.0. The van der Waals surface area contributed by atoms with Crippen molar-refractivity contribution in [2.24, 2.45) is 5.73 Å². The topological polar surface area (TPSA) is 265 Å². The van der Waals surface area contributed by atoms with Crippen molar-refractivity contribution in [2.45, 2.75) is 148 Å². The van der Waals surface area contributed by atoms with Gasteiger partial charge in [0.1, 0.15) is 17.1 Å². The van der Waals surface area contributed by atoms with Crippen LogP contribution in [0.25, 0.3) is 0 Å².